The van der Waals surface area contributed by atoms with Gasteiger partial charge in [0.2, 0.25) is 0 Å². The fourth-order valence-electron chi connectivity index (χ4n) is 9.93. The number of aromatic nitrogens is 7. The Kier molecular flexibility index (Phi) is 7.74. The van der Waals surface area contributed by atoms with E-state index in [2.05, 4.69) is 42.1 Å². The second kappa shape index (κ2) is 12.6. The minimum atomic E-state index is -0.487. The highest BCUT2D eigenvalue weighted by Gasteiger charge is 2.56. The number of benzene rings is 3. The Morgan fingerprint density at radius 2 is 1.69 bits per heavy atom. The number of hydrogen-bond donors (Lipinski definition) is 1. The lowest BCUT2D eigenvalue weighted by Gasteiger charge is -2.37. The SMILES string of the molecule is Cc1cc(-n2nc3c(c2-n2ccn(-c4cc(F)c5c(cnn5C5CC5)c4)c2=O)[C@H](C)N(C(=O)c2cc4cc([C@H]5CCOC(C)(C)C5)ccc4[nH]2)CC32CC2)cc(C)c1F. The summed E-state index contributed by atoms with van der Waals surface area (Å²) in [5, 5.41) is 11.3. The lowest BCUT2D eigenvalue weighted by Crippen LogP contribution is -2.44. The molecule has 3 aromatic carbocycles. The molecule has 11 nitrogen and oxygen atoms in total. The van der Waals surface area contributed by atoms with E-state index in [9.17, 15) is 9.59 Å². The summed E-state index contributed by atoms with van der Waals surface area (Å²) in [6.07, 6.45) is 10.4. The molecule has 2 aliphatic carbocycles. The van der Waals surface area contributed by atoms with E-state index in [1.54, 1.807) is 60.0 Å². The molecule has 4 aliphatic rings. The van der Waals surface area contributed by atoms with E-state index in [-0.39, 0.29) is 23.4 Å². The van der Waals surface area contributed by atoms with Crippen molar-refractivity contribution in [3.63, 3.8) is 0 Å². The molecule has 3 fully saturated rings. The molecule has 1 N–H and O–H groups in total. The molecule has 7 aromatic rings. The van der Waals surface area contributed by atoms with Crippen molar-refractivity contribution in [3.05, 3.63) is 123 Å². The van der Waals surface area contributed by atoms with Crippen LogP contribution in [-0.4, -0.2) is 63.2 Å². The first-order chi connectivity index (χ1) is 28.3. The minimum Gasteiger partial charge on any atom is -0.376 e. The van der Waals surface area contributed by atoms with Crippen LogP contribution in [0.2, 0.25) is 0 Å². The highest BCUT2D eigenvalue weighted by molar-refractivity contribution is 5.98. The van der Waals surface area contributed by atoms with E-state index in [1.165, 1.54) is 20.8 Å². The van der Waals surface area contributed by atoms with Gasteiger partial charge in [-0.15, -0.1) is 0 Å². The fraction of sp³-hybridized carbons (Fsp3) is 0.391. The second-order valence-corrected chi connectivity index (χ2v) is 18.1. The van der Waals surface area contributed by atoms with E-state index >= 15 is 8.78 Å². The number of rotatable bonds is 6. The number of H-pyrrole nitrogens is 1. The van der Waals surface area contributed by atoms with Crippen LogP contribution in [0.1, 0.15) is 116 Å². The van der Waals surface area contributed by atoms with Gasteiger partial charge in [-0.05, 0) is 132 Å². The molecule has 302 valence electrons. The molecule has 1 spiro atoms. The third kappa shape index (κ3) is 5.67. The molecule has 4 aromatic heterocycles. The number of aromatic amines is 1. The van der Waals surface area contributed by atoms with Crippen molar-refractivity contribution >= 4 is 27.7 Å². The van der Waals surface area contributed by atoms with Gasteiger partial charge >= 0.3 is 5.69 Å². The summed E-state index contributed by atoms with van der Waals surface area (Å²) < 4.78 is 43.2. The van der Waals surface area contributed by atoms with Gasteiger partial charge in [-0.1, -0.05) is 6.07 Å². The molecule has 11 rings (SSSR count). The van der Waals surface area contributed by atoms with Gasteiger partial charge in [0.05, 0.1) is 41.0 Å². The molecule has 13 heteroatoms. The van der Waals surface area contributed by atoms with Crippen LogP contribution in [0.25, 0.3) is 39.0 Å². The van der Waals surface area contributed by atoms with Crippen molar-refractivity contribution in [1.29, 1.82) is 0 Å². The first-order valence-corrected chi connectivity index (χ1v) is 20.7. The van der Waals surface area contributed by atoms with Crippen LogP contribution in [-0.2, 0) is 10.2 Å². The molecule has 59 heavy (non-hydrogen) atoms. The Labute approximate surface area is 339 Å². The van der Waals surface area contributed by atoms with Gasteiger partial charge in [0, 0.05) is 58.9 Å². The van der Waals surface area contributed by atoms with Crippen molar-refractivity contribution in [2.75, 3.05) is 13.2 Å². The van der Waals surface area contributed by atoms with Gasteiger partial charge in [-0.3, -0.25) is 18.6 Å². The van der Waals surface area contributed by atoms with Crippen LogP contribution < -0.4 is 5.69 Å². The number of imidazole rings is 1. The molecule has 1 saturated heterocycles. The molecule has 0 bridgehead atoms. The zero-order valence-corrected chi connectivity index (χ0v) is 33.9. The fourth-order valence-corrected chi connectivity index (χ4v) is 9.93. The maximum atomic E-state index is 15.8. The van der Waals surface area contributed by atoms with Crippen LogP contribution in [0.5, 0.6) is 0 Å². The topological polar surface area (TPSA) is 108 Å². The van der Waals surface area contributed by atoms with Gasteiger partial charge in [-0.2, -0.15) is 10.2 Å². The number of nitrogens with zero attached hydrogens (tertiary/aromatic N) is 7. The van der Waals surface area contributed by atoms with Crippen molar-refractivity contribution in [3.8, 4) is 17.2 Å². The van der Waals surface area contributed by atoms with Gasteiger partial charge < -0.3 is 14.6 Å². The van der Waals surface area contributed by atoms with Gasteiger partial charge in [0.25, 0.3) is 5.91 Å². The quantitative estimate of drug-likeness (QED) is 0.181. The van der Waals surface area contributed by atoms with Gasteiger partial charge in [-0.25, -0.2) is 18.3 Å². The summed E-state index contributed by atoms with van der Waals surface area (Å²) in [5.41, 5.74) is 5.53. The second-order valence-electron chi connectivity index (χ2n) is 18.1. The summed E-state index contributed by atoms with van der Waals surface area (Å²) in [4.78, 5) is 34.8. The van der Waals surface area contributed by atoms with Crippen molar-refractivity contribution in [2.24, 2.45) is 0 Å². The molecule has 1 amide bonds. The number of carbonyl (C=O) groups excluding carboxylic acids is 1. The number of amides is 1. The molecule has 2 aliphatic heterocycles. The lowest BCUT2D eigenvalue weighted by atomic mass is 9.83. The van der Waals surface area contributed by atoms with Crippen molar-refractivity contribution in [1.82, 2.24) is 38.6 Å². The maximum absolute atomic E-state index is 15.8. The Morgan fingerprint density at radius 1 is 0.932 bits per heavy atom. The predicted molar refractivity (Wildman–Crippen MR) is 220 cm³/mol. The number of hydrogen-bond acceptors (Lipinski definition) is 5. The molecule has 2 atom stereocenters. The normalized spacial score (nSPS) is 20.8. The molecule has 0 radical (unpaired) electrons. The van der Waals surface area contributed by atoms with Crippen LogP contribution >= 0.6 is 0 Å². The molecular weight excluding hydrogens is 751 g/mol. The van der Waals surface area contributed by atoms with E-state index < -0.39 is 23.0 Å². The van der Waals surface area contributed by atoms with E-state index in [0.717, 1.165) is 67.3 Å². The summed E-state index contributed by atoms with van der Waals surface area (Å²) in [7, 11) is 0. The third-order valence-electron chi connectivity index (χ3n) is 13.4. The summed E-state index contributed by atoms with van der Waals surface area (Å²) in [6.45, 7) is 10.9. The van der Waals surface area contributed by atoms with Crippen molar-refractivity contribution in [2.45, 2.75) is 102 Å². The molecule has 2 saturated carbocycles. The van der Waals surface area contributed by atoms with Crippen molar-refractivity contribution < 1.29 is 18.3 Å². The number of ether oxygens (including phenoxy) is 1. The largest absolute Gasteiger partial charge is 0.376 e. The minimum absolute atomic E-state index is 0.132. The molecular formula is C46H46F2N8O3. The predicted octanol–water partition coefficient (Wildman–Crippen LogP) is 8.80. The number of halogens is 2. The standard InChI is InChI=1S/C46H46F2N8O3/c1-25-16-34(17-26(2)39(25)48)56-42(53-14-13-52(44(53)58)33-19-31-23-49-55(32-7-8-32)40(31)35(47)21-33)38-27(3)54(24-46(11-12-46)41(38)51-56)43(57)37-20-30-18-28(6-9-36(30)50-37)29-10-15-59-45(4,5)22-29/h6,9,13-14,16-21,23,27,29,32,50H,7-8,10-12,15,22,24H2,1-5H3/t27-,29-/m0/s1. The van der Waals surface area contributed by atoms with Crippen LogP contribution in [0.15, 0.2) is 71.9 Å². The zero-order valence-electron chi connectivity index (χ0n) is 33.9. The Bertz CT molecular complexity index is 2930. The Morgan fingerprint density at radius 3 is 2.42 bits per heavy atom. The van der Waals surface area contributed by atoms with E-state index in [0.29, 0.717) is 57.4 Å². The highest BCUT2D eigenvalue weighted by atomic mass is 19.1. The number of aryl methyl sites for hydroxylation is 2. The number of carbonyl (C=O) groups is 1. The Balaban J connectivity index is 1.02. The first-order valence-electron chi connectivity index (χ1n) is 20.7. The van der Waals surface area contributed by atoms with Crippen LogP contribution in [0.4, 0.5) is 8.78 Å². The average Bonchev–Trinajstić information content (AvgIpc) is 3.98. The smallest absolute Gasteiger partial charge is 0.338 e. The first kappa shape index (κ1) is 36.3. The number of fused-ring (bicyclic) bond motifs is 4. The maximum Gasteiger partial charge on any atom is 0.338 e. The zero-order chi connectivity index (χ0) is 40.7. The highest BCUT2D eigenvalue weighted by Crippen LogP contribution is 2.56. The van der Waals surface area contributed by atoms with Crippen LogP contribution in [0.3, 0.4) is 0 Å². The summed E-state index contributed by atoms with van der Waals surface area (Å²) >= 11 is 0. The van der Waals surface area contributed by atoms with Gasteiger partial charge in [0.15, 0.2) is 5.82 Å². The lowest BCUT2D eigenvalue weighted by molar-refractivity contribution is -0.0592. The van der Waals surface area contributed by atoms with E-state index in [1.807, 2.05) is 17.9 Å². The average molecular weight is 797 g/mol. The monoisotopic (exact) mass is 796 g/mol. The number of nitrogens with one attached hydrogen (secondary N) is 1. The van der Waals surface area contributed by atoms with E-state index in [4.69, 9.17) is 9.84 Å². The van der Waals surface area contributed by atoms with Gasteiger partial charge in [0.1, 0.15) is 22.8 Å². The Hall–Kier alpha value is -5.82. The molecule has 0 unspecified atom stereocenters. The van der Waals surface area contributed by atoms with Crippen LogP contribution in [0, 0.1) is 25.5 Å². The third-order valence-corrected chi connectivity index (χ3v) is 13.4. The summed E-state index contributed by atoms with van der Waals surface area (Å²) in [6, 6.07) is 14.7. The molecule has 6 heterocycles. The summed E-state index contributed by atoms with van der Waals surface area (Å²) in [5.74, 6) is -0.0342.